The van der Waals surface area contributed by atoms with Crippen LogP contribution in [-0.2, 0) is 20.0 Å². The van der Waals surface area contributed by atoms with Gasteiger partial charge in [0, 0.05) is 20.0 Å². The number of methoxy groups -OCH3 is 2. The van der Waals surface area contributed by atoms with E-state index in [0.717, 1.165) is 5.75 Å². The van der Waals surface area contributed by atoms with E-state index in [1.165, 1.54) is 5.56 Å². The molecule has 2 N–H and O–H groups in total. The average molecular weight is 285 g/mol. The minimum absolute atomic E-state index is 0.136. The van der Waals surface area contributed by atoms with Crippen LogP contribution in [0.1, 0.15) is 5.56 Å². The smallest absolute Gasteiger partial charge is 0.404 e. The van der Waals surface area contributed by atoms with Crippen LogP contribution in [0.3, 0.4) is 0 Å². The maximum atomic E-state index is 10.7. The van der Waals surface area contributed by atoms with Crippen LogP contribution in [-0.4, -0.2) is 38.5 Å². The molecule has 0 aromatic heterocycles. The van der Waals surface area contributed by atoms with E-state index in [-0.39, 0.29) is 11.9 Å². The lowest BCUT2D eigenvalue weighted by Gasteiger charge is -2.23. The van der Waals surface area contributed by atoms with Gasteiger partial charge < -0.3 is 19.9 Å². The Morgan fingerprint density at radius 3 is 2.42 bits per heavy atom. The molecule has 0 aliphatic rings. The van der Waals surface area contributed by atoms with Crippen LogP contribution in [0.4, 0.5) is 4.79 Å². The number of carbonyl (C=O) groups excluding carboxylic acids is 1. The first-order valence-corrected chi connectivity index (χ1v) is 6.85. The van der Waals surface area contributed by atoms with Gasteiger partial charge in [0.25, 0.3) is 0 Å². The van der Waals surface area contributed by atoms with Gasteiger partial charge >= 0.3 is 6.09 Å². The lowest BCUT2D eigenvalue weighted by atomic mass is 10.2. The number of benzene rings is 1. The van der Waals surface area contributed by atoms with E-state index < -0.39 is 12.4 Å². The summed E-state index contributed by atoms with van der Waals surface area (Å²) in [6, 6.07) is 10.0. The first-order chi connectivity index (χ1) is 9.17. The van der Waals surface area contributed by atoms with Crippen molar-refractivity contribution in [3.05, 3.63) is 35.9 Å². The fourth-order valence-electron chi connectivity index (χ4n) is 1.55. The van der Waals surface area contributed by atoms with Gasteiger partial charge in [0.2, 0.25) is 0 Å². The molecular formula is C13H19NO4S. The van der Waals surface area contributed by atoms with Crippen LogP contribution >= 0.6 is 11.8 Å². The molecule has 6 heteroatoms. The zero-order valence-electron chi connectivity index (χ0n) is 11.1. The second-order valence-corrected chi connectivity index (χ2v) is 5.03. The maximum absolute atomic E-state index is 10.7. The number of hydrogen-bond acceptors (Lipinski definition) is 5. The molecular weight excluding hydrogens is 266 g/mol. The summed E-state index contributed by atoms with van der Waals surface area (Å²) >= 11 is 1.59. The molecule has 0 spiro atoms. The van der Waals surface area contributed by atoms with Crippen LogP contribution in [0.15, 0.2) is 30.3 Å². The van der Waals surface area contributed by atoms with Crippen molar-refractivity contribution in [2.75, 3.05) is 20.8 Å². The largest absolute Gasteiger partial charge is 0.448 e. The molecule has 1 rings (SSSR count). The number of amides is 1. The Morgan fingerprint density at radius 1 is 1.26 bits per heavy atom. The van der Waals surface area contributed by atoms with Crippen molar-refractivity contribution in [3.8, 4) is 0 Å². The number of nitrogens with two attached hydrogens (primary N) is 1. The second kappa shape index (κ2) is 8.79. The van der Waals surface area contributed by atoms with Gasteiger partial charge in [-0.2, -0.15) is 0 Å². The Morgan fingerprint density at radius 2 is 1.89 bits per heavy atom. The molecule has 0 aliphatic heterocycles. The number of rotatable bonds is 8. The lowest BCUT2D eigenvalue weighted by Crippen LogP contribution is -2.33. The molecule has 0 aliphatic carbocycles. The van der Waals surface area contributed by atoms with Crippen LogP contribution in [0.2, 0.25) is 0 Å². The fraction of sp³-hybridized carbons (Fsp3) is 0.462. The van der Waals surface area contributed by atoms with Crippen molar-refractivity contribution in [2.45, 2.75) is 17.3 Å². The van der Waals surface area contributed by atoms with Gasteiger partial charge in [-0.15, -0.1) is 11.8 Å². The fourth-order valence-corrected chi connectivity index (χ4v) is 2.69. The summed E-state index contributed by atoms with van der Waals surface area (Å²) < 4.78 is 15.2. The summed E-state index contributed by atoms with van der Waals surface area (Å²) in [6.07, 6.45) is -1.25. The molecule has 0 radical (unpaired) electrons. The van der Waals surface area contributed by atoms with Crippen LogP contribution < -0.4 is 5.73 Å². The summed E-state index contributed by atoms with van der Waals surface area (Å²) in [5.74, 6) is 0.775. The van der Waals surface area contributed by atoms with E-state index in [1.54, 1.807) is 26.0 Å². The summed E-state index contributed by atoms with van der Waals surface area (Å²) in [5.41, 5.74) is 6.16. The molecule has 0 saturated heterocycles. The van der Waals surface area contributed by atoms with Crippen LogP contribution in [0.5, 0.6) is 0 Å². The van der Waals surface area contributed by atoms with Crippen molar-refractivity contribution in [1.82, 2.24) is 0 Å². The van der Waals surface area contributed by atoms with Crippen molar-refractivity contribution in [2.24, 2.45) is 5.73 Å². The molecule has 1 unspecified atom stereocenters. The summed E-state index contributed by atoms with van der Waals surface area (Å²) in [5, 5.41) is -0.136. The van der Waals surface area contributed by atoms with Gasteiger partial charge in [0.1, 0.15) is 6.61 Å². The molecule has 1 amide bonds. The Balaban J connectivity index is 2.55. The molecule has 0 bridgehead atoms. The molecule has 0 fully saturated rings. The monoisotopic (exact) mass is 285 g/mol. The number of thioether (sulfide) groups is 1. The third-order valence-corrected chi connectivity index (χ3v) is 3.75. The van der Waals surface area contributed by atoms with E-state index in [9.17, 15) is 4.79 Å². The maximum Gasteiger partial charge on any atom is 0.404 e. The summed E-state index contributed by atoms with van der Waals surface area (Å²) in [6.45, 7) is 0.152. The van der Waals surface area contributed by atoms with Crippen LogP contribution in [0.25, 0.3) is 0 Å². The molecule has 19 heavy (non-hydrogen) atoms. The van der Waals surface area contributed by atoms with E-state index in [2.05, 4.69) is 0 Å². The quantitative estimate of drug-likeness (QED) is 0.740. The van der Waals surface area contributed by atoms with Gasteiger partial charge in [-0.25, -0.2) is 4.79 Å². The number of hydrogen-bond donors (Lipinski definition) is 1. The van der Waals surface area contributed by atoms with E-state index >= 15 is 0 Å². The highest BCUT2D eigenvalue weighted by Crippen LogP contribution is 2.22. The third kappa shape index (κ3) is 5.96. The minimum atomic E-state index is -0.795. The zero-order valence-corrected chi connectivity index (χ0v) is 11.9. The molecule has 1 aromatic carbocycles. The number of carbonyl (C=O) groups is 1. The Hall–Kier alpha value is -1.24. The van der Waals surface area contributed by atoms with E-state index in [4.69, 9.17) is 19.9 Å². The molecule has 106 valence electrons. The molecule has 1 atom stereocenters. The predicted octanol–water partition coefficient (Wildman–Crippen LogP) is 2.00. The standard InChI is InChI=1S/C13H19NO4S/c1-16-12(17-2)11(8-18-13(14)15)19-9-10-6-4-3-5-7-10/h3-7,11-12H,8-9H2,1-2H3,(H2,14,15). The van der Waals surface area contributed by atoms with Gasteiger partial charge in [-0.05, 0) is 5.56 Å². The zero-order chi connectivity index (χ0) is 14.1. The van der Waals surface area contributed by atoms with Crippen molar-refractivity contribution in [1.29, 1.82) is 0 Å². The Bertz CT molecular complexity index is 370. The minimum Gasteiger partial charge on any atom is -0.448 e. The molecule has 0 heterocycles. The summed E-state index contributed by atoms with van der Waals surface area (Å²) in [4.78, 5) is 10.7. The van der Waals surface area contributed by atoms with Crippen LogP contribution in [0, 0.1) is 0 Å². The normalized spacial score (nSPS) is 12.4. The van der Waals surface area contributed by atoms with Crippen molar-refractivity contribution < 1.29 is 19.0 Å². The average Bonchev–Trinajstić information content (AvgIpc) is 2.43. The van der Waals surface area contributed by atoms with E-state index in [0.29, 0.717) is 0 Å². The first-order valence-electron chi connectivity index (χ1n) is 5.80. The van der Waals surface area contributed by atoms with Gasteiger partial charge in [0.05, 0.1) is 5.25 Å². The highest BCUT2D eigenvalue weighted by Gasteiger charge is 2.23. The third-order valence-electron chi connectivity index (χ3n) is 2.46. The Kier molecular flexibility index (Phi) is 7.32. The highest BCUT2D eigenvalue weighted by atomic mass is 32.2. The second-order valence-electron chi connectivity index (χ2n) is 3.80. The van der Waals surface area contributed by atoms with Gasteiger partial charge in [-0.3, -0.25) is 0 Å². The topological polar surface area (TPSA) is 70.8 Å². The molecule has 5 nitrogen and oxygen atoms in total. The molecule has 0 saturated carbocycles. The lowest BCUT2D eigenvalue weighted by molar-refractivity contribution is -0.107. The van der Waals surface area contributed by atoms with Gasteiger partial charge in [-0.1, -0.05) is 30.3 Å². The Labute approximate surface area is 117 Å². The van der Waals surface area contributed by atoms with E-state index in [1.807, 2.05) is 30.3 Å². The first kappa shape index (κ1) is 15.8. The van der Waals surface area contributed by atoms with Crippen molar-refractivity contribution in [3.63, 3.8) is 0 Å². The summed E-state index contributed by atoms with van der Waals surface area (Å²) in [7, 11) is 3.10. The predicted molar refractivity (Wildman–Crippen MR) is 74.9 cm³/mol. The SMILES string of the molecule is COC(OC)C(COC(N)=O)SCc1ccccc1. The van der Waals surface area contributed by atoms with Gasteiger partial charge in [0.15, 0.2) is 6.29 Å². The molecule has 1 aromatic rings. The highest BCUT2D eigenvalue weighted by molar-refractivity contribution is 7.99. The van der Waals surface area contributed by atoms with Crippen molar-refractivity contribution >= 4 is 17.9 Å². The number of ether oxygens (including phenoxy) is 3. The number of primary amides is 1.